The molecule has 0 spiro atoms. The molecule has 10 heteroatoms. The number of benzene rings is 2. The SMILES string of the molecule is O=C(Nc1ccc(CCO)cc1)C1CCN(S(=O)(=O)c2ccccc2C(F)(F)F)CC1. The van der Waals surface area contributed by atoms with E-state index in [0.717, 1.165) is 28.1 Å². The van der Waals surface area contributed by atoms with Crippen LogP contribution in [0.25, 0.3) is 0 Å². The predicted octanol–water partition coefficient (Wildman–Crippen LogP) is 3.28. The van der Waals surface area contributed by atoms with Crippen LogP contribution in [0.2, 0.25) is 0 Å². The van der Waals surface area contributed by atoms with Crippen molar-refractivity contribution in [2.75, 3.05) is 25.0 Å². The Morgan fingerprint density at radius 3 is 2.26 bits per heavy atom. The number of rotatable bonds is 6. The summed E-state index contributed by atoms with van der Waals surface area (Å²) in [5.41, 5.74) is 0.318. The van der Waals surface area contributed by atoms with E-state index in [1.165, 1.54) is 6.07 Å². The van der Waals surface area contributed by atoms with E-state index in [1.807, 2.05) is 0 Å². The van der Waals surface area contributed by atoms with Crippen LogP contribution in [-0.2, 0) is 27.4 Å². The summed E-state index contributed by atoms with van der Waals surface area (Å²) < 4.78 is 66.4. The quantitative estimate of drug-likeness (QED) is 0.699. The molecule has 1 aliphatic rings. The zero-order chi connectivity index (χ0) is 22.6. The molecule has 2 aromatic carbocycles. The summed E-state index contributed by atoms with van der Waals surface area (Å²) in [6.45, 7) is -0.0509. The van der Waals surface area contributed by atoms with Crippen molar-refractivity contribution in [1.82, 2.24) is 4.31 Å². The Kier molecular flexibility index (Phi) is 7.03. The molecule has 1 saturated heterocycles. The highest BCUT2D eigenvalue weighted by atomic mass is 32.2. The number of aliphatic hydroxyl groups is 1. The zero-order valence-corrected chi connectivity index (χ0v) is 17.4. The Balaban J connectivity index is 1.64. The number of anilines is 1. The van der Waals surface area contributed by atoms with Gasteiger partial charge in [-0.2, -0.15) is 17.5 Å². The number of nitrogens with one attached hydrogen (secondary N) is 1. The number of aliphatic hydroxyl groups excluding tert-OH is 1. The van der Waals surface area contributed by atoms with E-state index in [9.17, 15) is 26.4 Å². The van der Waals surface area contributed by atoms with Gasteiger partial charge in [-0.1, -0.05) is 24.3 Å². The normalized spacial score (nSPS) is 16.3. The van der Waals surface area contributed by atoms with E-state index in [4.69, 9.17) is 5.11 Å². The second-order valence-electron chi connectivity index (χ2n) is 7.33. The van der Waals surface area contributed by atoms with E-state index in [2.05, 4.69) is 5.32 Å². The number of nitrogens with zero attached hydrogens (tertiary/aromatic N) is 1. The molecule has 0 atom stereocenters. The van der Waals surface area contributed by atoms with Crippen molar-refractivity contribution in [3.8, 4) is 0 Å². The summed E-state index contributed by atoms with van der Waals surface area (Å²) in [7, 11) is -4.33. The van der Waals surface area contributed by atoms with Gasteiger partial charge in [-0.15, -0.1) is 0 Å². The average Bonchev–Trinajstić information content (AvgIpc) is 2.75. The molecule has 2 aromatic rings. The summed E-state index contributed by atoms with van der Waals surface area (Å²) in [4.78, 5) is 11.8. The fourth-order valence-corrected chi connectivity index (χ4v) is 5.23. The number of hydrogen-bond donors (Lipinski definition) is 2. The lowest BCUT2D eigenvalue weighted by Crippen LogP contribution is -2.41. The van der Waals surface area contributed by atoms with Crippen LogP contribution in [0, 0.1) is 5.92 Å². The number of sulfonamides is 1. The van der Waals surface area contributed by atoms with Crippen LogP contribution < -0.4 is 5.32 Å². The highest BCUT2D eigenvalue weighted by molar-refractivity contribution is 7.89. The minimum absolute atomic E-state index is 0.0284. The summed E-state index contributed by atoms with van der Waals surface area (Å²) in [6.07, 6.45) is -3.85. The minimum Gasteiger partial charge on any atom is -0.396 e. The van der Waals surface area contributed by atoms with Crippen LogP contribution in [0.5, 0.6) is 0 Å². The first-order chi connectivity index (χ1) is 14.6. The van der Waals surface area contributed by atoms with Crippen LogP contribution in [0.15, 0.2) is 53.4 Å². The molecular formula is C21H23F3N2O4S. The predicted molar refractivity (Wildman–Crippen MR) is 109 cm³/mol. The standard InChI is InChI=1S/C21H23F3N2O4S/c22-21(23,24)18-3-1-2-4-19(18)31(29,30)26-12-9-16(10-13-26)20(28)25-17-7-5-15(6-8-17)11-14-27/h1-8,16,27H,9-14H2,(H,25,28). The van der Waals surface area contributed by atoms with Gasteiger partial charge in [-0.3, -0.25) is 4.79 Å². The fourth-order valence-electron chi connectivity index (χ4n) is 3.55. The lowest BCUT2D eigenvalue weighted by molar-refractivity contribution is -0.139. The molecule has 31 heavy (non-hydrogen) atoms. The molecule has 0 radical (unpaired) electrons. The third-order valence-corrected chi connectivity index (χ3v) is 7.21. The van der Waals surface area contributed by atoms with Gasteiger partial charge in [0.2, 0.25) is 15.9 Å². The average molecular weight is 456 g/mol. The van der Waals surface area contributed by atoms with Gasteiger partial charge >= 0.3 is 6.18 Å². The van der Waals surface area contributed by atoms with Gasteiger partial charge in [-0.05, 0) is 49.1 Å². The van der Waals surface area contributed by atoms with Crippen molar-refractivity contribution in [3.63, 3.8) is 0 Å². The lowest BCUT2D eigenvalue weighted by atomic mass is 9.97. The van der Waals surface area contributed by atoms with Crippen molar-refractivity contribution in [1.29, 1.82) is 0 Å². The van der Waals surface area contributed by atoms with Crippen molar-refractivity contribution < 1.29 is 31.5 Å². The molecule has 3 rings (SSSR count). The van der Waals surface area contributed by atoms with Crippen LogP contribution in [0.1, 0.15) is 24.0 Å². The van der Waals surface area contributed by atoms with Gasteiger partial charge in [0.05, 0.1) is 10.5 Å². The molecule has 0 saturated carbocycles. The Bertz CT molecular complexity index is 1020. The Morgan fingerprint density at radius 2 is 1.68 bits per heavy atom. The highest BCUT2D eigenvalue weighted by Gasteiger charge is 2.40. The van der Waals surface area contributed by atoms with Gasteiger partial charge < -0.3 is 10.4 Å². The van der Waals surface area contributed by atoms with Gasteiger partial charge in [0.15, 0.2) is 0 Å². The third kappa shape index (κ3) is 5.44. The third-order valence-electron chi connectivity index (χ3n) is 5.26. The first kappa shape index (κ1) is 23.2. The van der Waals surface area contributed by atoms with E-state index < -0.39 is 32.6 Å². The second kappa shape index (κ2) is 9.37. The Labute approximate surface area is 178 Å². The summed E-state index contributed by atoms with van der Waals surface area (Å²) in [6, 6.07) is 11.1. The zero-order valence-electron chi connectivity index (χ0n) is 16.6. The van der Waals surface area contributed by atoms with E-state index in [1.54, 1.807) is 24.3 Å². The summed E-state index contributed by atoms with van der Waals surface area (Å²) >= 11 is 0. The second-order valence-corrected chi connectivity index (χ2v) is 9.24. The van der Waals surface area contributed by atoms with Crippen molar-refractivity contribution >= 4 is 21.6 Å². The number of halogens is 3. The first-order valence-electron chi connectivity index (χ1n) is 9.80. The highest BCUT2D eigenvalue weighted by Crippen LogP contribution is 2.36. The van der Waals surface area contributed by atoms with Crippen molar-refractivity contribution in [3.05, 3.63) is 59.7 Å². The van der Waals surface area contributed by atoms with E-state index in [0.29, 0.717) is 12.1 Å². The number of carbonyl (C=O) groups excluding carboxylic acids is 1. The molecule has 1 heterocycles. The molecule has 0 unspecified atom stereocenters. The lowest BCUT2D eigenvalue weighted by Gasteiger charge is -2.31. The molecule has 0 aromatic heterocycles. The van der Waals surface area contributed by atoms with Crippen molar-refractivity contribution in [2.24, 2.45) is 5.92 Å². The number of piperidine rings is 1. The molecule has 6 nitrogen and oxygen atoms in total. The molecule has 0 aliphatic carbocycles. The number of amides is 1. The number of hydrogen-bond acceptors (Lipinski definition) is 4. The molecule has 1 fully saturated rings. The monoisotopic (exact) mass is 456 g/mol. The van der Waals surface area contributed by atoms with Gasteiger partial charge in [0, 0.05) is 31.3 Å². The van der Waals surface area contributed by atoms with Gasteiger partial charge in [-0.25, -0.2) is 8.42 Å². The summed E-state index contributed by atoms with van der Waals surface area (Å²) in [5.74, 6) is -0.705. The smallest absolute Gasteiger partial charge is 0.396 e. The van der Waals surface area contributed by atoms with Crippen LogP contribution >= 0.6 is 0 Å². The molecule has 1 aliphatic heterocycles. The number of carbonyl (C=O) groups is 1. The topological polar surface area (TPSA) is 86.7 Å². The van der Waals surface area contributed by atoms with Crippen LogP contribution in [0.3, 0.4) is 0 Å². The maximum Gasteiger partial charge on any atom is 0.417 e. The molecule has 1 amide bonds. The minimum atomic E-state index is -4.78. The van der Waals surface area contributed by atoms with Crippen LogP contribution in [0.4, 0.5) is 18.9 Å². The Morgan fingerprint density at radius 1 is 1.06 bits per heavy atom. The largest absolute Gasteiger partial charge is 0.417 e. The van der Waals surface area contributed by atoms with Crippen molar-refractivity contribution in [2.45, 2.75) is 30.3 Å². The Hall–Kier alpha value is -2.43. The molecule has 2 N–H and O–H groups in total. The van der Waals surface area contributed by atoms with Gasteiger partial charge in [0.25, 0.3) is 0 Å². The van der Waals surface area contributed by atoms with Gasteiger partial charge in [0.1, 0.15) is 0 Å². The van der Waals surface area contributed by atoms with E-state index in [-0.39, 0.29) is 38.4 Å². The molecular weight excluding hydrogens is 433 g/mol. The van der Waals surface area contributed by atoms with E-state index >= 15 is 0 Å². The first-order valence-corrected chi connectivity index (χ1v) is 11.2. The molecule has 0 bridgehead atoms. The summed E-state index contributed by atoms with van der Waals surface area (Å²) in [5, 5.41) is 11.7. The maximum atomic E-state index is 13.2. The molecule has 168 valence electrons. The maximum absolute atomic E-state index is 13.2. The van der Waals surface area contributed by atoms with Crippen LogP contribution in [-0.4, -0.2) is 43.4 Å². The number of alkyl halides is 3. The fraction of sp³-hybridized carbons (Fsp3) is 0.381.